The average molecular weight is 430 g/mol. The van der Waals surface area contributed by atoms with E-state index in [9.17, 15) is 0 Å². The summed E-state index contributed by atoms with van der Waals surface area (Å²) in [6, 6.07) is 10.4. The number of rotatable bonds is 6. The summed E-state index contributed by atoms with van der Waals surface area (Å²) >= 11 is 0. The minimum atomic E-state index is 0.400. The van der Waals surface area contributed by atoms with Crippen molar-refractivity contribution in [1.29, 1.82) is 0 Å². The zero-order valence-corrected chi connectivity index (χ0v) is 18.3. The molecule has 9 heteroatoms. The standard InChI is InChI=1S/C23H27N9/c1-3-17-4-6-25-19(12-17)28-23-29-20(14-22(30-23)32-11-7-24-16(2)15-32)27-18-5-9-31-10-8-26-21(31)13-18/h4-6,8-10,12-14,16,24H,3,7,11,15H2,1-2H3,(H2,25,27,28,29,30)/t16-/m1/s1. The van der Waals surface area contributed by atoms with Crippen LogP contribution < -0.4 is 20.9 Å². The molecule has 0 aliphatic carbocycles. The Morgan fingerprint density at radius 3 is 2.84 bits per heavy atom. The Morgan fingerprint density at radius 1 is 1.03 bits per heavy atom. The molecule has 0 spiro atoms. The molecule has 0 saturated carbocycles. The van der Waals surface area contributed by atoms with Crippen LogP contribution in [-0.2, 0) is 6.42 Å². The van der Waals surface area contributed by atoms with E-state index in [0.29, 0.717) is 17.8 Å². The maximum absolute atomic E-state index is 4.81. The number of anilines is 5. The molecule has 1 fully saturated rings. The van der Waals surface area contributed by atoms with Crippen LogP contribution in [-0.4, -0.2) is 50.0 Å². The molecule has 32 heavy (non-hydrogen) atoms. The minimum Gasteiger partial charge on any atom is -0.354 e. The second kappa shape index (κ2) is 8.80. The zero-order valence-electron chi connectivity index (χ0n) is 18.3. The number of hydrogen-bond donors (Lipinski definition) is 3. The molecule has 0 aromatic carbocycles. The summed E-state index contributed by atoms with van der Waals surface area (Å²) < 4.78 is 1.97. The first-order chi connectivity index (χ1) is 15.7. The van der Waals surface area contributed by atoms with Crippen molar-refractivity contribution >= 4 is 34.7 Å². The Hall–Kier alpha value is -3.72. The largest absolute Gasteiger partial charge is 0.354 e. The van der Waals surface area contributed by atoms with Crippen LogP contribution in [0.25, 0.3) is 5.65 Å². The zero-order chi connectivity index (χ0) is 21.9. The van der Waals surface area contributed by atoms with Gasteiger partial charge in [0.1, 0.15) is 23.1 Å². The van der Waals surface area contributed by atoms with E-state index in [4.69, 9.17) is 9.97 Å². The van der Waals surface area contributed by atoms with Gasteiger partial charge in [-0.1, -0.05) is 6.92 Å². The van der Waals surface area contributed by atoms with Crippen LogP contribution in [0.15, 0.2) is 55.1 Å². The maximum atomic E-state index is 4.81. The Morgan fingerprint density at radius 2 is 1.97 bits per heavy atom. The fraction of sp³-hybridized carbons (Fsp3) is 0.304. The lowest BCUT2D eigenvalue weighted by molar-refractivity contribution is 0.482. The number of imidazole rings is 1. The SMILES string of the molecule is CCc1ccnc(Nc2nc(Nc3ccn4ccnc4c3)cc(N3CCN[C@H](C)C3)n2)c1. The summed E-state index contributed by atoms with van der Waals surface area (Å²) in [7, 11) is 0. The van der Waals surface area contributed by atoms with Gasteiger partial charge in [0.15, 0.2) is 0 Å². The molecule has 1 aliphatic rings. The molecule has 5 rings (SSSR count). The van der Waals surface area contributed by atoms with Gasteiger partial charge in [-0.3, -0.25) is 0 Å². The predicted molar refractivity (Wildman–Crippen MR) is 127 cm³/mol. The number of pyridine rings is 2. The Balaban J connectivity index is 1.47. The predicted octanol–water partition coefficient (Wildman–Crippen LogP) is 3.37. The van der Waals surface area contributed by atoms with Crippen LogP contribution in [0.1, 0.15) is 19.4 Å². The first-order valence-electron chi connectivity index (χ1n) is 11.0. The molecule has 9 nitrogen and oxygen atoms in total. The first-order valence-corrected chi connectivity index (χ1v) is 11.0. The highest BCUT2D eigenvalue weighted by Gasteiger charge is 2.19. The van der Waals surface area contributed by atoms with E-state index in [1.165, 1.54) is 5.56 Å². The van der Waals surface area contributed by atoms with E-state index >= 15 is 0 Å². The van der Waals surface area contributed by atoms with Crippen molar-refractivity contribution in [3.8, 4) is 0 Å². The molecule has 0 unspecified atom stereocenters. The van der Waals surface area contributed by atoms with Crippen molar-refractivity contribution in [2.75, 3.05) is 35.2 Å². The van der Waals surface area contributed by atoms with E-state index in [2.05, 4.69) is 44.7 Å². The van der Waals surface area contributed by atoms with Crippen LogP contribution in [0.3, 0.4) is 0 Å². The number of aryl methyl sites for hydroxylation is 1. The molecule has 0 bridgehead atoms. The van der Waals surface area contributed by atoms with Gasteiger partial charge < -0.3 is 25.3 Å². The Bertz CT molecular complexity index is 1220. The number of nitrogens with one attached hydrogen (secondary N) is 3. The van der Waals surface area contributed by atoms with Gasteiger partial charge in [0.05, 0.1) is 0 Å². The molecule has 1 atom stereocenters. The van der Waals surface area contributed by atoms with E-state index in [0.717, 1.165) is 49.0 Å². The number of nitrogens with zero attached hydrogens (tertiary/aromatic N) is 6. The summed E-state index contributed by atoms with van der Waals surface area (Å²) in [6.45, 7) is 7.02. The van der Waals surface area contributed by atoms with Gasteiger partial charge in [0.2, 0.25) is 5.95 Å². The van der Waals surface area contributed by atoms with Gasteiger partial charge in [-0.15, -0.1) is 0 Å². The molecule has 4 aromatic heterocycles. The fourth-order valence-corrected chi connectivity index (χ4v) is 3.87. The third-order valence-electron chi connectivity index (χ3n) is 5.55. The summed E-state index contributed by atoms with van der Waals surface area (Å²) in [5, 5.41) is 10.2. The van der Waals surface area contributed by atoms with E-state index < -0.39 is 0 Å². The van der Waals surface area contributed by atoms with Gasteiger partial charge in [0, 0.05) is 68.3 Å². The molecule has 5 heterocycles. The van der Waals surface area contributed by atoms with Gasteiger partial charge in [0.25, 0.3) is 0 Å². The summed E-state index contributed by atoms with van der Waals surface area (Å²) in [4.78, 5) is 20.6. The van der Waals surface area contributed by atoms with Crippen molar-refractivity contribution < 1.29 is 0 Å². The number of hydrogen-bond acceptors (Lipinski definition) is 8. The van der Waals surface area contributed by atoms with Crippen molar-refractivity contribution in [1.82, 2.24) is 29.7 Å². The fourth-order valence-electron chi connectivity index (χ4n) is 3.87. The lowest BCUT2D eigenvalue weighted by Crippen LogP contribution is -2.49. The number of aromatic nitrogens is 5. The monoisotopic (exact) mass is 429 g/mol. The minimum absolute atomic E-state index is 0.400. The molecule has 1 saturated heterocycles. The van der Waals surface area contributed by atoms with Crippen LogP contribution in [0, 0.1) is 0 Å². The van der Waals surface area contributed by atoms with Gasteiger partial charge >= 0.3 is 0 Å². The van der Waals surface area contributed by atoms with Crippen molar-refractivity contribution in [3.05, 3.63) is 60.7 Å². The summed E-state index contributed by atoms with van der Waals surface area (Å²) in [5.74, 6) is 2.84. The van der Waals surface area contributed by atoms with Crippen LogP contribution in [0.4, 0.5) is 29.1 Å². The quantitative estimate of drug-likeness (QED) is 0.429. The third kappa shape index (κ3) is 4.47. The van der Waals surface area contributed by atoms with Crippen LogP contribution >= 0.6 is 0 Å². The van der Waals surface area contributed by atoms with Crippen molar-refractivity contribution in [2.24, 2.45) is 0 Å². The van der Waals surface area contributed by atoms with E-state index in [1.807, 2.05) is 53.3 Å². The molecule has 4 aromatic rings. The molecule has 3 N–H and O–H groups in total. The van der Waals surface area contributed by atoms with Crippen molar-refractivity contribution in [3.63, 3.8) is 0 Å². The summed E-state index contributed by atoms with van der Waals surface area (Å²) in [6.07, 6.45) is 8.44. The van der Waals surface area contributed by atoms with Crippen molar-refractivity contribution in [2.45, 2.75) is 26.3 Å². The highest BCUT2D eigenvalue weighted by Crippen LogP contribution is 2.24. The lowest BCUT2D eigenvalue weighted by Gasteiger charge is -2.33. The smallest absolute Gasteiger partial charge is 0.232 e. The summed E-state index contributed by atoms with van der Waals surface area (Å²) in [5.41, 5.74) is 3.00. The molecule has 164 valence electrons. The van der Waals surface area contributed by atoms with Gasteiger partial charge in [-0.25, -0.2) is 9.97 Å². The Labute approximate surface area is 187 Å². The second-order valence-corrected chi connectivity index (χ2v) is 8.00. The van der Waals surface area contributed by atoms with Crippen LogP contribution in [0.2, 0.25) is 0 Å². The van der Waals surface area contributed by atoms with E-state index in [-0.39, 0.29) is 0 Å². The lowest BCUT2D eigenvalue weighted by atomic mass is 10.2. The Kier molecular flexibility index (Phi) is 5.55. The molecular formula is C23H27N9. The third-order valence-corrected chi connectivity index (χ3v) is 5.55. The molecular weight excluding hydrogens is 402 g/mol. The van der Waals surface area contributed by atoms with E-state index in [1.54, 1.807) is 6.20 Å². The van der Waals surface area contributed by atoms with Gasteiger partial charge in [-0.05, 0) is 37.1 Å². The molecule has 1 aliphatic heterocycles. The van der Waals surface area contributed by atoms with Gasteiger partial charge in [-0.2, -0.15) is 9.97 Å². The molecule has 0 radical (unpaired) electrons. The number of fused-ring (bicyclic) bond motifs is 1. The average Bonchev–Trinajstić information content (AvgIpc) is 3.27. The molecule has 0 amide bonds. The van der Waals surface area contributed by atoms with Crippen LogP contribution in [0.5, 0.6) is 0 Å². The highest BCUT2D eigenvalue weighted by molar-refractivity contribution is 5.65. The second-order valence-electron chi connectivity index (χ2n) is 8.00. The highest BCUT2D eigenvalue weighted by atomic mass is 15.3. The number of piperazine rings is 1. The maximum Gasteiger partial charge on any atom is 0.232 e. The topological polar surface area (TPSA) is 95.3 Å². The normalized spacial score (nSPS) is 16.3. The first kappa shape index (κ1) is 20.2.